The van der Waals surface area contributed by atoms with Gasteiger partial charge in [0.25, 0.3) is 0 Å². The highest BCUT2D eigenvalue weighted by Gasteiger charge is 2.40. The predicted octanol–water partition coefficient (Wildman–Crippen LogP) is 4.83. The molecule has 2 heterocycles. The first-order valence-corrected chi connectivity index (χ1v) is 13.7. The Balaban J connectivity index is 1.41. The molecule has 0 saturated heterocycles. The molecule has 0 N–H and O–H groups in total. The third-order valence-corrected chi connectivity index (χ3v) is 8.83. The number of halogens is 1. The number of nitrogens with zero attached hydrogens (tertiary/aromatic N) is 2. The Hall–Kier alpha value is -2.81. The zero-order chi connectivity index (χ0) is 23.7. The average molecular weight is 497 g/mol. The summed E-state index contributed by atoms with van der Waals surface area (Å²) in [7, 11) is -3.77. The van der Waals surface area contributed by atoms with Crippen LogP contribution in [0, 0.1) is 5.82 Å². The van der Waals surface area contributed by atoms with E-state index in [1.165, 1.54) is 26.7 Å². The molecule has 1 aliphatic heterocycles. The van der Waals surface area contributed by atoms with E-state index in [0.29, 0.717) is 6.54 Å². The van der Waals surface area contributed by atoms with Gasteiger partial charge in [-0.05, 0) is 65.6 Å². The summed E-state index contributed by atoms with van der Waals surface area (Å²) in [4.78, 5) is 16.5. The number of thiophene rings is 1. The molecule has 5 rings (SSSR count). The molecule has 0 bridgehead atoms. The summed E-state index contributed by atoms with van der Waals surface area (Å²) < 4.78 is 41.3. The number of hydrogen-bond acceptors (Lipinski definition) is 4. The molecule has 8 heteroatoms. The van der Waals surface area contributed by atoms with E-state index in [1.807, 2.05) is 41.8 Å². The Morgan fingerprint density at radius 2 is 1.82 bits per heavy atom. The van der Waals surface area contributed by atoms with Crippen molar-refractivity contribution in [1.82, 2.24) is 9.21 Å². The third kappa shape index (κ3) is 4.85. The van der Waals surface area contributed by atoms with Gasteiger partial charge in [0.15, 0.2) is 0 Å². The number of hydrogen-bond donors (Lipinski definition) is 0. The van der Waals surface area contributed by atoms with Crippen molar-refractivity contribution in [3.8, 4) is 0 Å². The van der Waals surface area contributed by atoms with Gasteiger partial charge in [0.1, 0.15) is 5.82 Å². The van der Waals surface area contributed by atoms with Crippen molar-refractivity contribution >= 4 is 33.3 Å². The van der Waals surface area contributed by atoms with Crippen LogP contribution in [-0.2, 0) is 21.2 Å². The topological polar surface area (TPSA) is 57.7 Å². The Labute approximate surface area is 203 Å². The maximum atomic E-state index is 13.6. The molecule has 34 heavy (non-hydrogen) atoms. The van der Waals surface area contributed by atoms with Crippen LogP contribution < -0.4 is 0 Å². The van der Waals surface area contributed by atoms with Gasteiger partial charge in [-0.15, -0.1) is 11.3 Å². The SMILES string of the molecule is O=C(CN(C1CC1)S(=O)(=O)C=Cc1ccccc1)N1CCc2sccc2C1c1ccc(F)cc1. The molecule has 2 aromatic carbocycles. The Morgan fingerprint density at radius 1 is 1.09 bits per heavy atom. The number of fused-ring (bicyclic) bond motifs is 1. The Kier molecular flexibility index (Phi) is 6.38. The van der Waals surface area contributed by atoms with E-state index in [0.717, 1.165) is 36.0 Å². The molecule has 0 radical (unpaired) electrons. The van der Waals surface area contributed by atoms with Gasteiger partial charge >= 0.3 is 0 Å². The second-order valence-electron chi connectivity index (χ2n) is 8.63. The van der Waals surface area contributed by atoms with Gasteiger partial charge in [-0.3, -0.25) is 4.79 Å². The smallest absolute Gasteiger partial charge is 0.238 e. The zero-order valence-electron chi connectivity index (χ0n) is 18.5. The fraction of sp³-hybridized carbons (Fsp3) is 0.269. The zero-order valence-corrected chi connectivity index (χ0v) is 20.1. The molecule has 1 aliphatic carbocycles. The largest absolute Gasteiger partial charge is 0.330 e. The second kappa shape index (κ2) is 9.44. The number of amides is 1. The minimum Gasteiger partial charge on any atom is -0.330 e. The van der Waals surface area contributed by atoms with Crippen molar-refractivity contribution in [3.63, 3.8) is 0 Å². The lowest BCUT2D eigenvalue weighted by Gasteiger charge is -2.37. The van der Waals surface area contributed by atoms with Gasteiger partial charge in [-0.1, -0.05) is 42.5 Å². The van der Waals surface area contributed by atoms with Crippen molar-refractivity contribution in [2.75, 3.05) is 13.1 Å². The molecule has 1 saturated carbocycles. The van der Waals surface area contributed by atoms with E-state index >= 15 is 0 Å². The molecule has 1 aromatic heterocycles. The molecular formula is C26H25FN2O3S2. The van der Waals surface area contributed by atoms with E-state index in [4.69, 9.17) is 0 Å². The molecular weight excluding hydrogens is 471 g/mol. The molecule has 1 unspecified atom stereocenters. The highest BCUT2D eigenvalue weighted by atomic mass is 32.2. The molecule has 176 valence electrons. The molecule has 1 fully saturated rings. The summed E-state index contributed by atoms with van der Waals surface area (Å²) in [6.07, 6.45) is 3.79. The molecule has 0 spiro atoms. The minimum absolute atomic E-state index is 0.153. The standard InChI is InChI=1S/C26H25FN2O3S2/c27-21-8-6-20(7-9-21)26-23-13-16-33-24(23)12-15-28(26)25(30)18-29(22-10-11-22)34(31,32)17-14-19-4-2-1-3-5-19/h1-9,13-14,16-17,22,26H,10-12,15,18H2. The van der Waals surface area contributed by atoms with Crippen LogP contribution in [0.15, 0.2) is 71.5 Å². The summed E-state index contributed by atoms with van der Waals surface area (Å²) in [5.74, 6) is -0.575. The lowest BCUT2D eigenvalue weighted by atomic mass is 9.93. The first-order chi connectivity index (χ1) is 16.4. The lowest BCUT2D eigenvalue weighted by Crippen LogP contribution is -2.47. The summed E-state index contributed by atoms with van der Waals surface area (Å²) in [6.45, 7) is 0.288. The van der Waals surface area contributed by atoms with Crippen molar-refractivity contribution in [1.29, 1.82) is 0 Å². The van der Waals surface area contributed by atoms with Gasteiger partial charge in [0, 0.05) is 22.9 Å². The Bertz CT molecular complexity index is 1300. The van der Waals surface area contributed by atoms with Gasteiger partial charge in [-0.25, -0.2) is 12.8 Å². The van der Waals surface area contributed by atoms with Crippen LogP contribution in [0.3, 0.4) is 0 Å². The van der Waals surface area contributed by atoms with Crippen LogP contribution in [0.4, 0.5) is 4.39 Å². The monoisotopic (exact) mass is 496 g/mol. The van der Waals surface area contributed by atoms with Gasteiger partial charge in [0.05, 0.1) is 12.6 Å². The fourth-order valence-electron chi connectivity index (χ4n) is 4.41. The number of rotatable bonds is 7. The molecule has 5 nitrogen and oxygen atoms in total. The van der Waals surface area contributed by atoms with Crippen molar-refractivity contribution in [2.45, 2.75) is 31.3 Å². The number of sulfonamides is 1. The van der Waals surface area contributed by atoms with Crippen LogP contribution in [0.1, 0.15) is 40.5 Å². The van der Waals surface area contributed by atoms with Crippen molar-refractivity contribution in [3.05, 3.63) is 98.8 Å². The van der Waals surface area contributed by atoms with E-state index in [1.54, 1.807) is 34.4 Å². The van der Waals surface area contributed by atoms with Gasteiger partial charge < -0.3 is 4.90 Å². The quantitative estimate of drug-likeness (QED) is 0.471. The van der Waals surface area contributed by atoms with Crippen LogP contribution >= 0.6 is 11.3 Å². The van der Waals surface area contributed by atoms with E-state index in [-0.39, 0.29) is 30.4 Å². The predicted molar refractivity (Wildman–Crippen MR) is 132 cm³/mol. The molecule has 2 aliphatic rings. The van der Waals surface area contributed by atoms with Crippen LogP contribution in [-0.4, -0.2) is 42.7 Å². The minimum atomic E-state index is -3.77. The van der Waals surface area contributed by atoms with Gasteiger partial charge in [-0.2, -0.15) is 4.31 Å². The second-order valence-corrected chi connectivity index (χ2v) is 11.4. The first-order valence-electron chi connectivity index (χ1n) is 11.3. The normalized spacial score (nSPS) is 18.4. The Morgan fingerprint density at radius 3 is 2.53 bits per heavy atom. The van der Waals surface area contributed by atoms with Gasteiger partial charge in [0.2, 0.25) is 15.9 Å². The van der Waals surface area contributed by atoms with Crippen LogP contribution in [0.2, 0.25) is 0 Å². The van der Waals surface area contributed by atoms with E-state index in [9.17, 15) is 17.6 Å². The molecule has 3 aromatic rings. The fourth-order valence-corrected chi connectivity index (χ4v) is 6.72. The van der Waals surface area contributed by atoms with Crippen molar-refractivity contribution in [2.24, 2.45) is 0 Å². The summed E-state index contributed by atoms with van der Waals surface area (Å²) >= 11 is 1.65. The summed E-state index contributed by atoms with van der Waals surface area (Å²) in [5, 5.41) is 3.20. The number of benzene rings is 2. The maximum absolute atomic E-state index is 13.6. The summed E-state index contributed by atoms with van der Waals surface area (Å²) in [5.41, 5.74) is 2.63. The summed E-state index contributed by atoms with van der Waals surface area (Å²) in [6, 6.07) is 16.9. The number of carbonyl (C=O) groups excluding carboxylic acids is 1. The first kappa shape index (κ1) is 23.0. The highest BCUT2D eigenvalue weighted by molar-refractivity contribution is 7.92. The third-order valence-electron chi connectivity index (χ3n) is 6.28. The van der Waals surface area contributed by atoms with Crippen molar-refractivity contribution < 1.29 is 17.6 Å². The molecule has 1 amide bonds. The lowest BCUT2D eigenvalue weighted by molar-refractivity contribution is -0.133. The van der Waals surface area contributed by atoms with E-state index in [2.05, 4.69) is 0 Å². The van der Waals surface area contributed by atoms with Crippen LogP contribution in [0.5, 0.6) is 0 Å². The average Bonchev–Trinajstić information content (AvgIpc) is 3.57. The molecule has 1 atom stereocenters. The number of carbonyl (C=O) groups is 1. The van der Waals surface area contributed by atoms with E-state index < -0.39 is 10.0 Å². The highest BCUT2D eigenvalue weighted by Crippen LogP contribution is 2.38. The maximum Gasteiger partial charge on any atom is 0.238 e. The van der Waals surface area contributed by atoms with Crippen LogP contribution in [0.25, 0.3) is 6.08 Å².